The lowest BCUT2D eigenvalue weighted by Gasteiger charge is -2.31. The number of likely N-dealkylation sites (tertiary alicyclic amines) is 1. The van der Waals surface area contributed by atoms with Crippen LogP contribution in [0.15, 0.2) is 18.6 Å². The Kier molecular flexibility index (Phi) is 4.25. The molecular formula is C12H20N4. The molecule has 88 valence electrons. The predicted octanol–water partition coefficient (Wildman–Crippen LogP) is 1.05. The van der Waals surface area contributed by atoms with E-state index in [-0.39, 0.29) is 0 Å². The molecule has 0 amide bonds. The van der Waals surface area contributed by atoms with Crippen LogP contribution in [0.3, 0.4) is 0 Å². The van der Waals surface area contributed by atoms with E-state index >= 15 is 0 Å². The van der Waals surface area contributed by atoms with Crippen LogP contribution >= 0.6 is 0 Å². The van der Waals surface area contributed by atoms with Gasteiger partial charge in [-0.05, 0) is 32.5 Å². The van der Waals surface area contributed by atoms with Crippen LogP contribution in [0, 0.1) is 0 Å². The third-order valence-corrected chi connectivity index (χ3v) is 3.22. The Morgan fingerprint density at radius 3 is 2.81 bits per heavy atom. The predicted molar refractivity (Wildman–Crippen MR) is 64.0 cm³/mol. The monoisotopic (exact) mass is 220 g/mol. The first-order chi connectivity index (χ1) is 7.88. The molecule has 0 aromatic carbocycles. The first-order valence-corrected chi connectivity index (χ1v) is 6.09. The molecule has 0 unspecified atom stereocenters. The number of rotatable bonds is 4. The number of nitrogens with one attached hydrogen (secondary N) is 1. The minimum absolute atomic E-state index is 0.643. The summed E-state index contributed by atoms with van der Waals surface area (Å²) in [6.45, 7) is 6.68. The maximum Gasteiger partial charge on any atom is 0.0724 e. The zero-order valence-corrected chi connectivity index (χ0v) is 9.89. The fourth-order valence-electron chi connectivity index (χ4n) is 2.12. The maximum absolute atomic E-state index is 4.26. The molecule has 1 N–H and O–H groups in total. The van der Waals surface area contributed by atoms with E-state index in [1.807, 2.05) is 6.20 Å². The highest BCUT2D eigenvalue weighted by Crippen LogP contribution is 2.10. The Morgan fingerprint density at radius 1 is 1.38 bits per heavy atom. The Labute approximate surface area is 97.1 Å². The minimum atomic E-state index is 0.643. The van der Waals surface area contributed by atoms with Gasteiger partial charge in [0.15, 0.2) is 0 Å². The van der Waals surface area contributed by atoms with Gasteiger partial charge in [0.05, 0.1) is 5.69 Å². The Hall–Kier alpha value is -1.00. The minimum Gasteiger partial charge on any atom is -0.308 e. The molecule has 0 bridgehead atoms. The number of hydrogen-bond acceptors (Lipinski definition) is 4. The smallest absolute Gasteiger partial charge is 0.0724 e. The van der Waals surface area contributed by atoms with E-state index in [1.165, 1.54) is 32.5 Å². The van der Waals surface area contributed by atoms with E-state index in [1.54, 1.807) is 12.4 Å². The summed E-state index contributed by atoms with van der Waals surface area (Å²) in [5.74, 6) is 0. The molecule has 16 heavy (non-hydrogen) atoms. The van der Waals surface area contributed by atoms with E-state index in [4.69, 9.17) is 0 Å². The summed E-state index contributed by atoms with van der Waals surface area (Å²) < 4.78 is 0. The highest BCUT2D eigenvalue weighted by atomic mass is 15.1. The lowest BCUT2D eigenvalue weighted by Crippen LogP contribution is -2.42. The zero-order chi connectivity index (χ0) is 11.2. The standard InChI is InChI=1S/C12H20N4/c1-2-16-7-3-11(4-8-16)15-10-12-9-13-5-6-14-12/h5-6,9,11,15H,2-4,7-8,10H2,1H3. The van der Waals surface area contributed by atoms with Gasteiger partial charge in [0, 0.05) is 31.2 Å². The average molecular weight is 220 g/mol. The summed E-state index contributed by atoms with van der Waals surface area (Å²) in [4.78, 5) is 10.8. The van der Waals surface area contributed by atoms with Gasteiger partial charge < -0.3 is 10.2 Å². The van der Waals surface area contributed by atoms with Crippen LogP contribution in [-0.2, 0) is 6.54 Å². The van der Waals surface area contributed by atoms with Crippen LogP contribution in [0.2, 0.25) is 0 Å². The Balaban J connectivity index is 1.72. The fraction of sp³-hybridized carbons (Fsp3) is 0.667. The van der Waals surface area contributed by atoms with Crippen molar-refractivity contribution < 1.29 is 0 Å². The first kappa shape index (κ1) is 11.5. The molecule has 1 aromatic heterocycles. The summed E-state index contributed by atoms with van der Waals surface area (Å²) >= 11 is 0. The van der Waals surface area contributed by atoms with Gasteiger partial charge in [0.25, 0.3) is 0 Å². The van der Waals surface area contributed by atoms with Gasteiger partial charge in [-0.3, -0.25) is 9.97 Å². The quantitative estimate of drug-likeness (QED) is 0.823. The van der Waals surface area contributed by atoms with E-state index in [0.29, 0.717) is 6.04 Å². The number of hydrogen-bond donors (Lipinski definition) is 1. The maximum atomic E-state index is 4.26. The molecule has 1 saturated heterocycles. The van der Waals surface area contributed by atoms with E-state index < -0.39 is 0 Å². The van der Waals surface area contributed by atoms with Gasteiger partial charge in [0.1, 0.15) is 0 Å². The third kappa shape index (κ3) is 3.25. The molecule has 0 atom stereocenters. The van der Waals surface area contributed by atoms with Crippen LogP contribution in [0.25, 0.3) is 0 Å². The SMILES string of the molecule is CCN1CCC(NCc2cnccn2)CC1. The van der Waals surface area contributed by atoms with Crippen LogP contribution in [0.4, 0.5) is 0 Å². The topological polar surface area (TPSA) is 41.0 Å². The van der Waals surface area contributed by atoms with Crippen molar-refractivity contribution in [1.82, 2.24) is 20.2 Å². The second kappa shape index (κ2) is 5.92. The second-order valence-electron chi connectivity index (χ2n) is 4.29. The van der Waals surface area contributed by atoms with Crippen molar-refractivity contribution >= 4 is 0 Å². The molecule has 0 aliphatic carbocycles. The Bertz CT molecular complexity index is 293. The molecule has 2 heterocycles. The van der Waals surface area contributed by atoms with Crippen LogP contribution in [0.5, 0.6) is 0 Å². The highest BCUT2D eigenvalue weighted by molar-refractivity contribution is 4.94. The van der Waals surface area contributed by atoms with Crippen molar-refractivity contribution in [1.29, 1.82) is 0 Å². The molecule has 0 spiro atoms. The molecule has 0 radical (unpaired) electrons. The molecule has 4 nitrogen and oxygen atoms in total. The summed E-state index contributed by atoms with van der Waals surface area (Å²) in [5.41, 5.74) is 1.03. The molecule has 0 saturated carbocycles. The van der Waals surface area contributed by atoms with Gasteiger partial charge in [-0.2, -0.15) is 0 Å². The molecule has 4 heteroatoms. The van der Waals surface area contributed by atoms with Crippen molar-refractivity contribution in [3.63, 3.8) is 0 Å². The van der Waals surface area contributed by atoms with Gasteiger partial charge in [-0.25, -0.2) is 0 Å². The Morgan fingerprint density at radius 2 is 2.19 bits per heavy atom. The number of aromatic nitrogens is 2. The van der Waals surface area contributed by atoms with Gasteiger partial charge in [0.2, 0.25) is 0 Å². The normalized spacial score (nSPS) is 18.8. The first-order valence-electron chi connectivity index (χ1n) is 6.09. The summed E-state index contributed by atoms with van der Waals surface area (Å²) in [5, 5.41) is 3.55. The highest BCUT2D eigenvalue weighted by Gasteiger charge is 2.17. The van der Waals surface area contributed by atoms with E-state index in [2.05, 4.69) is 27.1 Å². The fourth-order valence-corrected chi connectivity index (χ4v) is 2.12. The van der Waals surface area contributed by atoms with Crippen LogP contribution in [0.1, 0.15) is 25.5 Å². The van der Waals surface area contributed by atoms with Gasteiger partial charge >= 0.3 is 0 Å². The summed E-state index contributed by atoms with van der Waals surface area (Å²) in [6.07, 6.45) is 7.77. The van der Waals surface area contributed by atoms with Crippen molar-refractivity contribution in [3.05, 3.63) is 24.3 Å². The van der Waals surface area contributed by atoms with Gasteiger partial charge in [-0.15, -0.1) is 0 Å². The number of piperidine rings is 1. The average Bonchev–Trinajstić information content (AvgIpc) is 2.38. The van der Waals surface area contributed by atoms with Crippen molar-refractivity contribution in [2.75, 3.05) is 19.6 Å². The lowest BCUT2D eigenvalue weighted by molar-refractivity contribution is 0.205. The van der Waals surface area contributed by atoms with E-state index in [9.17, 15) is 0 Å². The van der Waals surface area contributed by atoms with Gasteiger partial charge in [-0.1, -0.05) is 6.92 Å². The third-order valence-electron chi connectivity index (χ3n) is 3.22. The molecule has 1 aliphatic heterocycles. The van der Waals surface area contributed by atoms with Crippen molar-refractivity contribution in [2.45, 2.75) is 32.4 Å². The van der Waals surface area contributed by atoms with E-state index in [0.717, 1.165) is 12.2 Å². The second-order valence-corrected chi connectivity index (χ2v) is 4.29. The lowest BCUT2D eigenvalue weighted by atomic mass is 10.1. The molecule has 1 fully saturated rings. The summed E-state index contributed by atoms with van der Waals surface area (Å²) in [7, 11) is 0. The molecule has 1 aromatic rings. The van der Waals surface area contributed by atoms with Crippen molar-refractivity contribution in [3.8, 4) is 0 Å². The van der Waals surface area contributed by atoms with Crippen LogP contribution in [-0.4, -0.2) is 40.5 Å². The number of nitrogens with zero attached hydrogens (tertiary/aromatic N) is 3. The zero-order valence-electron chi connectivity index (χ0n) is 9.89. The largest absolute Gasteiger partial charge is 0.308 e. The molecule has 1 aliphatic rings. The van der Waals surface area contributed by atoms with Crippen molar-refractivity contribution in [2.24, 2.45) is 0 Å². The molecule has 2 rings (SSSR count). The molecular weight excluding hydrogens is 200 g/mol. The van der Waals surface area contributed by atoms with Crippen LogP contribution < -0.4 is 5.32 Å². The summed E-state index contributed by atoms with van der Waals surface area (Å²) in [6, 6.07) is 0.643.